The molecule has 2 heterocycles. The van der Waals surface area contributed by atoms with E-state index >= 15 is 0 Å². The van der Waals surface area contributed by atoms with E-state index in [1.807, 2.05) is 11.8 Å². The molecule has 1 saturated heterocycles. The number of amides is 1. The zero-order valence-corrected chi connectivity index (χ0v) is 9.89. The first-order valence-electron chi connectivity index (χ1n) is 5.77. The molecule has 0 spiro atoms. The predicted octanol–water partition coefficient (Wildman–Crippen LogP) is 0.0115. The molecule has 0 aliphatic carbocycles. The predicted molar refractivity (Wildman–Crippen MR) is 60.2 cm³/mol. The fourth-order valence-corrected chi connectivity index (χ4v) is 1.73. The largest absolute Gasteiger partial charge is 0.378 e. The molecule has 1 aromatic rings. The average Bonchev–Trinajstić information content (AvgIpc) is 2.89. The summed E-state index contributed by atoms with van der Waals surface area (Å²) in [6, 6.07) is 1.55. The highest BCUT2D eigenvalue weighted by Gasteiger charge is 2.22. The van der Waals surface area contributed by atoms with Crippen molar-refractivity contribution in [1.82, 2.24) is 15.4 Å². The van der Waals surface area contributed by atoms with Crippen LogP contribution in [0.5, 0.6) is 0 Å². The van der Waals surface area contributed by atoms with Gasteiger partial charge in [-0.1, -0.05) is 5.16 Å². The van der Waals surface area contributed by atoms with E-state index in [4.69, 9.17) is 9.26 Å². The van der Waals surface area contributed by atoms with Crippen LogP contribution in [0.25, 0.3) is 0 Å². The first kappa shape index (κ1) is 12.1. The molecule has 94 valence electrons. The summed E-state index contributed by atoms with van der Waals surface area (Å²) >= 11 is 0. The van der Waals surface area contributed by atoms with E-state index in [1.165, 1.54) is 0 Å². The van der Waals surface area contributed by atoms with Crippen molar-refractivity contribution >= 4 is 5.91 Å². The zero-order chi connectivity index (χ0) is 12.1. The number of hydrogen-bond acceptors (Lipinski definition) is 5. The normalized spacial score (nSPS) is 18.1. The maximum Gasteiger partial charge on any atom is 0.239 e. The third-order valence-corrected chi connectivity index (χ3v) is 2.77. The Morgan fingerprint density at radius 2 is 2.35 bits per heavy atom. The topological polar surface area (TPSA) is 67.6 Å². The number of carbonyl (C=O) groups is 1. The fraction of sp³-hybridized carbons (Fsp3) is 0.636. The minimum atomic E-state index is -0.224. The van der Waals surface area contributed by atoms with E-state index in [-0.39, 0.29) is 11.9 Å². The molecule has 0 aromatic carbocycles. The second kappa shape index (κ2) is 5.79. The van der Waals surface area contributed by atoms with Crippen molar-refractivity contribution in [2.75, 3.05) is 26.3 Å². The lowest BCUT2D eigenvalue weighted by Crippen LogP contribution is -2.49. The Labute approximate surface area is 99.9 Å². The maximum atomic E-state index is 12.0. The summed E-state index contributed by atoms with van der Waals surface area (Å²) < 4.78 is 10.2. The van der Waals surface area contributed by atoms with Gasteiger partial charge in [-0.3, -0.25) is 10.1 Å². The molecule has 1 N–H and O–H groups in total. The molecule has 17 heavy (non-hydrogen) atoms. The Balaban J connectivity index is 1.78. The van der Waals surface area contributed by atoms with Gasteiger partial charge in [0.05, 0.1) is 32.0 Å². The van der Waals surface area contributed by atoms with E-state index in [2.05, 4.69) is 10.5 Å². The van der Waals surface area contributed by atoms with Crippen LogP contribution >= 0.6 is 0 Å². The van der Waals surface area contributed by atoms with Crippen molar-refractivity contribution in [1.29, 1.82) is 0 Å². The van der Waals surface area contributed by atoms with Crippen molar-refractivity contribution < 1.29 is 14.1 Å². The molecule has 6 heteroatoms. The Kier molecular flexibility index (Phi) is 4.11. The van der Waals surface area contributed by atoms with Crippen molar-refractivity contribution in [3.8, 4) is 0 Å². The van der Waals surface area contributed by atoms with E-state index < -0.39 is 0 Å². The molecular formula is C11H17N3O3. The first-order valence-corrected chi connectivity index (χ1v) is 5.77. The minimum absolute atomic E-state index is 0.104. The molecule has 1 aliphatic rings. The summed E-state index contributed by atoms with van der Waals surface area (Å²) in [6.45, 7) is 4.97. The van der Waals surface area contributed by atoms with Crippen molar-refractivity contribution in [2.24, 2.45) is 0 Å². The van der Waals surface area contributed by atoms with Crippen LogP contribution in [0.1, 0.15) is 12.7 Å². The molecule has 1 aromatic heterocycles. The molecule has 0 radical (unpaired) electrons. The quantitative estimate of drug-likeness (QED) is 0.801. The van der Waals surface area contributed by atoms with Crippen LogP contribution < -0.4 is 5.32 Å². The van der Waals surface area contributed by atoms with Crippen LogP contribution in [0, 0.1) is 0 Å². The number of carbonyl (C=O) groups excluding carboxylic acids is 1. The van der Waals surface area contributed by atoms with E-state index in [1.54, 1.807) is 12.3 Å². The van der Waals surface area contributed by atoms with Gasteiger partial charge < -0.3 is 14.2 Å². The summed E-state index contributed by atoms with van der Waals surface area (Å²) in [5.74, 6) is 0.833. The third-order valence-electron chi connectivity index (χ3n) is 2.77. The molecular weight excluding hydrogens is 222 g/mol. The van der Waals surface area contributed by atoms with Gasteiger partial charge in [-0.2, -0.15) is 0 Å². The number of rotatable bonds is 4. The lowest BCUT2D eigenvalue weighted by atomic mass is 10.2. The van der Waals surface area contributed by atoms with Crippen molar-refractivity contribution in [3.63, 3.8) is 0 Å². The van der Waals surface area contributed by atoms with Gasteiger partial charge in [0, 0.05) is 19.2 Å². The zero-order valence-electron chi connectivity index (χ0n) is 9.89. The Bertz CT molecular complexity index is 347. The number of hydrogen-bond donors (Lipinski definition) is 1. The number of nitrogens with zero attached hydrogens (tertiary/aromatic N) is 2. The lowest BCUT2D eigenvalue weighted by molar-refractivity contribution is -0.137. The molecule has 1 aliphatic heterocycles. The fourth-order valence-electron chi connectivity index (χ4n) is 1.73. The summed E-state index contributed by atoms with van der Waals surface area (Å²) in [6.07, 6.45) is 1.59. The highest BCUT2D eigenvalue weighted by Crippen LogP contribution is 2.02. The Morgan fingerprint density at radius 3 is 3.00 bits per heavy atom. The summed E-state index contributed by atoms with van der Waals surface area (Å²) in [5, 5.41) is 6.72. The van der Waals surface area contributed by atoms with Crippen molar-refractivity contribution in [2.45, 2.75) is 19.5 Å². The standard InChI is InChI=1S/C11H17N3O3/c1-9(12-8-10-2-3-13-17-10)11(15)14-4-6-16-7-5-14/h2-3,9,12H,4-8H2,1H3. The van der Waals surface area contributed by atoms with Gasteiger partial charge in [0.25, 0.3) is 0 Å². The third kappa shape index (κ3) is 3.28. The van der Waals surface area contributed by atoms with Gasteiger partial charge in [-0.25, -0.2) is 0 Å². The van der Waals surface area contributed by atoms with Gasteiger partial charge >= 0.3 is 0 Å². The molecule has 6 nitrogen and oxygen atoms in total. The molecule has 0 saturated carbocycles. The SMILES string of the molecule is CC(NCc1ccno1)C(=O)N1CCOCC1. The van der Waals surface area contributed by atoms with Crippen LogP contribution in [0.15, 0.2) is 16.8 Å². The summed E-state index contributed by atoms with van der Waals surface area (Å²) in [7, 11) is 0. The lowest BCUT2D eigenvalue weighted by Gasteiger charge is -2.29. The number of morpholine rings is 1. The van der Waals surface area contributed by atoms with Crippen LogP contribution in [0.2, 0.25) is 0 Å². The van der Waals surface area contributed by atoms with Gasteiger partial charge in [-0.05, 0) is 6.92 Å². The molecule has 2 rings (SSSR count). The minimum Gasteiger partial charge on any atom is -0.378 e. The van der Waals surface area contributed by atoms with Crippen LogP contribution in [0.3, 0.4) is 0 Å². The van der Waals surface area contributed by atoms with E-state index in [0.29, 0.717) is 32.8 Å². The molecule has 1 amide bonds. The second-order valence-corrected chi connectivity index (χ2v) is 4.02. The summed E-state index contributed by atoms with van der Waals surface area (Å²) in [4.78, 5) is 13.8. The molecule has 1 unspecified atom stereocenters. The molecule has 0 bridgehead atoms. The van der Waals surface area contributed by atoms with Crippen LogP contribution in [-0.2, 0) is 16.1 Å². The molecule has 1 fully saturated rings. The number of nitrogens with one attached hydrogen (secondary N) is 1. The Hall–Kier alpha value is -1.40. The number of ether oxygens (including phenoxy) is 1. The van der Waals surface area contributed by atoms with Gasteiger partial charge in [0.1, 0.15) is 5.76 Å². The van der Waals surface area contributed by atoms with Crippen molar-refractivity contribution in [3.05, 3.63) is 18.0 Å². The van der Waals surface area contributed by atoms with Gasteiger partial charge in [0.2, 0.25) is 5.91 Å². The highest BCUT2D eigenvalue weighted by molar-refractivity contribution is 5.81. The highest BCUT2D eigenvalue weighted by atomic mass is 16.5. The summed E-state index contributed by atoms with van der Waals surface area (Å²) in [5.41, 5.74) is 0. The Morgan fingerprint density at radius 1 is 1.59 bits per heavy atom. The van der Waals surface area contributed by atoms with E-state index in [9.17, 15) is 4.79 Å². The van der Waals surface area contributed by atoms with Gasteiger partial charge in [0.15, 0.2) is 0 Å². The van der Waals surface area contributed by atoms with Crippen LogP contribution in [-0.4, -0.2) is 48.3 Å². The second-order valence-electron chi connectivity index (χ2n) is 4.02. The number of aromatic nitrogens is 1. The first-order chi connectivity index (χ1) is 8.27. The van der Waals surface area contributed by atoms with Gasteiger partial charge in [-0.15, -0.1) is 0 Å². The smallest absolute Gasteiger partial charge is 0.239 e. The van der Waals surface area contributed by atoms with E-state index in [0.717, 1.165) is 5.76 Å². The molecule has 1 atom stereocenters. The maximum absolute atomic E-state index is 12.0. The average molecular weight is 239 g/mol. The monoisotopic (exact) mass is 239 g/mol. The van der Waals surface area contributed by atoms with Crippen LogP contribution in [0.4, 0.5) is 0 Å².